The first-order valence-electron chi connectivity index (χ1n) is 6.89. The Morgan fingerprint density at radius 2 is 1.89 bits per heavy atom. The minimum absolute atomic E-state index is 0.217. The molecule has 19 heavy (non-hydrogen) atoms. The molecule has 0 atom stereocenters. The first-order chi connectivity index (χ1) is 9.27. The molecule has 1 aromatic rings. The Morgan fingerprint density at radius 3 is 2.53 bits per heavy atom. The average molecular weight is 279 g/mol. The number of carbonyl (C=O) groups excluding carboxylic acids is 1. The third-order valence-electron chi connectivity index (χ3n) is 3.79. The molecule has 0 aliphatic heterocycles. The van der Waals surface area contributed by atoms with Gasteiger partial charge in [0, 0.05) is 0 Å². The lowest BCUT2D eigenvalue weighted by Crippen LogP contribution is -2.44. The quantitative estimate of drug-likeness (QED) is 0.643. The Hall–Kier alpha value is -1.00. The van der Waals surface area contributed by atoms with E-state index < -0.39 is 4.75 Å². The molecule has 1 amide bonds. The second-order valence-corrected chi connectivity index (χ2v) is 6.56. The van der Waals surface area contributed by atoms with Gasteiger partial charge in [0.15, 0.2) is 0 Å². The number of carbonyl (C=O) groups is 1. The highest BCUT2D eigenvalue weighted by Crippen LogP contribution is 2.40. The molecule has 0 radical (unpaired) electrons. The van der Waals surface area contributed by atoms with E-state index in [1.54, 1.807) is 11.8 Å². The summed E-state index contributed by atoms with van der Waals surface area (Å²) in [7, 11) is 0. The molecule has 0 saturated heterocycles. The van der Waals surface area contributed by atoms with Crippen LogP contribution in [0, 0.1) is 0 Å². The molecule has 0 unspecified atom stereocenters. The highest BCUT2D eigenvalue weighted by Gasteiger charge is 2.39. The maximum atomic E-state index is 11.9. The monoisotopic (exact) mass is 279 g/mol. The van der Waals surface area contributed by atoms with E-state index >= 15 is 0 Å². The van der Waals surface area contributed by atoms with Gasteiger partial charge in [-0.1, -0.05) is 49.6 Å². The molecule has 0 spiro atoms. The predicted molar refractivity (Wildman–Crippen MR) is 78.3 cm³/mol. The number of nitrogens with one attached hydrogen (secondary N) is 1. The van der Waals surface area contributed by atoms with Crippen LogP contribution in [0.3, 0.4) is 0 Å². The second kappa shape index (κ2) is 6.96. The van der Waals surface area contributed by atoms with E-state index in [1.807, 2.05) is 23.7 Å². The van der Waals surface area contributed by atoms with Crippen LogP contribution in [0.5, 0.6) is 0 Å². The number of amides is 1. The molecule has 2 N–H and O–H groups in total. The summed E-state index contributed by atoms with van der Waals surface area (Å²) in [4.78, 5) is 11.9. The van der Waals surface area contributed by atoms with E-state index in [9.17, 15) is 4.79 Å². The fraction of sp³-hybridized carbons (Fsp3) is 0.533. The van der Waals surface area contributed by atoms with Gasteiger partial charge < -0.3 is 0 Å². The Bertz CT molecular complexity index is 402. The van der Waals surface area contributed by atoms with Crippen LogP contribution >= 0.6 is 11.8 Å². The van der Waals surface area contributed by atoms with E-state index in [2.05, 4.69) is 12.1 Å². The first kappa shape index (κ1) is 14.4. The molecule has 1 saturated carbocycles. The molecule has 0 aromatic heterocycles. The summed E-state index contributed by atoms with van der Waals surface area (Å²) in [5, 5.41) is 8.96. The molecule has 3 nitrogen and oxygen atoms in total. The van der Waals surface area contributed by atoms with Crippen LogP contribution in [0.15, 0.2) is 30.3 Å². The standard InChI is InChI=1S/C15H21NO2S/c17-14(16-18)15(10-5-2-6-11-15)19-12-9-13-7-3-1-4-8-13/h1,3-4,7-8,18H,2,5-6,9-12H2,(H,16,17). The smallest absolute Gasteiger partial charge is 0.259 e. The number of benzene rings is 1. The van der Waals surface area contributed by atoms with Crippen molar-refractivity contribution >= 4 is 17.7 Å². The fourth-order valence-corrected chi connectivity index (χ4v) is 4.15. The predicted octanol–water partition coefficient (Wildman–Crippen LogP) is 3.17. The van der Waals surface area contributed by atoms with Crippen molar-refractivity contribution in [3.05, 3.63) is 35.9 Å². The van der Waals surface area contributed by atoms with Gasteiger partial charge in [-0.05, 0) is 30.6 Å². The minimum atomic E-state index is -0.415. The van der Waals surface area contributed by atoms with Crippen LogP contribution in [-0.4, -0.2) is 21.6 Å². The van der Waals surface area contributed by atoms with Crippen molar-refractivity contribution in [2.45, 2.75) is 43.3 Å². The Morgan fingerprint density at radius 1 is 1.21 bits per heavy atom. The van der Waals surface area contributed by atoms with Gasteiger partial charge >= 0.3 is 0 Å². The number of hydrogen-bond acceptors (Lipinski definition) is 3. The number of aryl methyl sites for hydroxylation is 1. The van der Waals surface area contributed by atoms with E-state index in [-0.39, 0.29) is 5.91 Å². The first-order valence-corrected chi connectivity index (χ1v) is 7.88. The van der Waals surface area contributed by atoms with Gasteiger partial charge in [-0.25, -0.2) is 5.48 Å². The molecule has 2 rings (SSSR count). The Kier molecular flexibility index (Phi) is 5.28. The highest BCUT2D eigenvalue weighted by atomic mass is 32.2. The van der Waals surface area contributed by atoms with Crippen LogP contribution in [0.25, 0.3) is 0 Å². The SMILES string of the molecule is O=C(NO)C1(SCCc2ccccc2)CCCCC1. The summed E-state index contributed by atoms with van der Waals surface area (Å²) < 4.78 is -0.415. The zero-order valence-corrected chi connectivity index (χ0v) is 11.9. The molecular formula is C15H21NO2S. The van der Waals surface area contributed by atoms with Gasteiger partial charge in [0.2, 0.25) is 0 Å². The van der Waals surface area contributed by atoms with Crippen LogP contribution in [-0.2, 0) is 11.2 Å². The summed E-state index contributed by atoms with van der Waals surface area (Å²) in [6, 6.07) is 10.3. The molecule has 1 fully saturated rings. The highest BCUT2D eigenvalue weighted by molar-refractivity contribution is 8.01. The van der Waals surface area contributed by atoms with E-state index in [4.69, 9.17) is 5.21 Å². The Balaban J connectivity index is 1.91. The van der Waals surface area contributed by atoms with Crippen LogP contribution in [0.4, 0.5) is 0 Å². The lowest BCUT2D eigenvalue weighted by Gasteiger charge is -2.34. The van der Waals surface area contributed by atoms with Gasteiger partial charge in [0.1, 0.15) is 0 Å². The van der Waals surface area contributed by atoms with Gasteiger partial charge in [0.25, 0.3) is 5.91 Å². The second-order valence-electron chi connectivity index (χ2n) is 5.08. The van der Waals surface area contributed by atoms with Crippen molar-refractivity contribution in [3.63, 3.8) is 0 Å². The van der Waals surface area contributed by atoms with Crippen molar-refractivity contribution < 1.29 is 10.0 Å². The third kappa shape index (κ3) is 3.74. The van der Waals surface area contributed by atoms with Crippen molar-refractivity contribution in [2.24, 2.45) is 0 Å². The van der Waals surface area contributed by atoms with Gasteiger partial charge in [-0.2, -0.15) is 0 Å². The van der Waals surface area contributed by atoms with Crippen molar-refractivity contribution in [1.29, 1.82) is 0 Å². The van der Waals surface area contributed by atoms with E-state index in [1.165, 1.54) is 12.0 Å². The lowest BCUT2D eigenvalue weighted by atomic mass is 9.88. The summed E-state index contributed by atoms with van der Waals surface area (Å²) >= 11 is 1.70. The van der Waals surface area contributed by atoms with Gasteiger partial charge in [0.05, 0.1) is 4.75 Å². The zero-order valence-electron chi connectivity index (χ0n) is 11.1. The molecule has 0 heterocycles. The zero-order chi connectivity index (χ0) is 13.6. The van der Waals surface area contributed by atoms with E-state index in [0.29, 0.717) is 0 Å². The van der Waals surface area contributed by atoms with Crippen LogP contribution in [0.2, 0.25) is 0 Å². The van der Waals surface area contributed by atoms with Crippen LogP contribution < -0.4 is 5.48 Å². The molecule has 4 heteroatoms. The molecule has 104 valence electrons. The van der Waals surface area contributed by atoms with Crippen molar-refractivity contribution in [2.75, 3.05) is 5.75 Å². The average Bonchev–Trinajstić information content (AvgIpc) is 2.48. The fourth-order valence-electron chi connectivity index (χ4n) is 2.67. The summed E-state index contributed by atoms with van der Waals surface area (Å²) in [6.45, 7) is 0. The molecule has 1 aliphatic rings. The maximum Gasteiger partial charge on any atom is 0.259 e. The number of thioether (sulfide) groups is 1. The van der Waals surface area contributed by atoms with Gasteiger partial charge in [-0.3, -0.25) is 10.0 Å². The number of hydroxylamine groups is 1. The van der Waals surface area contributed by atoms with Crippen LogP contribution in [0.1, 0.15) is 37.7 Å². The maximum absolute atomic E-state index is 11.9. The summed E-state index contributed by atoms with van der Waals surface area (Å²) in [5.41, 5.74) is 3.16. The normalized spacial score (nSPS) is 17.9. The summed E-state index contributed by atoms with van der Waals surface area (Å²) in [6.07, 6.45) is 6.06. The lowest BCUT2D eigenvalue weighted by molar-refractivity contribution is -0.132. The Labute approximate surface area is 118 Å². The van der Waals surface area contributed by atoms with Crippen molar-refractivity contribution in [1.82, 2.24) is 5.48 Å². The van der Waals surface area contributed by atoms with Crippen molar-refractivity contribution in [3.8, 4) is 0 Å². The molecule has 0 bridgehead atoms. The summed E-state index contributed by atoms with van der Waals surface area (Å²) in [5.74, 6) is 0.697. The largest absolute Gasteiger partial charge is 0.289 e. The number of rotatable bonds is 5. The molecule has 1 aliphatic carbocycles. The van der Waals surface area contributed by atoms with E-state index in [0.717, 1.165) is 37.9 Å². The minimum Gasteiger partial charge on any atom is -0.289 e. The molecular weight excluding hydrogens is 258 g/mol. The molecule has 1 aromatic carbocycles. The topological polar surface area (TPSA) is 49.3 Å². The third-order valence-corrected chi connectivity index (χ3v) is 5.34. The number of hydrogen-bond donors (Lipinski definition) is 2. The van der Waals surface area contributed by atoms with Gasteiger partial charge in [-0.15, -0.1) is 11.8 Å².